The Kier molecular flexibility index (Phi) is 3.56. The number of benzene rings is 1. The minimum Gasteiger partial charge on any atom is -0.630 e. The second-order valence-electron chi connectivity index (χ2n) is 6.87. The maximum absolute atomic E-state index is 10.7. The van der Waals surface area contributed by atoms with Crippen LogP contribution in [0, 0.1) is 16.0 Å². The van der Waals surface area contributed by atoms with E-state index >= 15 is 0 Å². The molecule has 0 spiro atoms. The molecule has 3 nitrogen and oxygen atoms in total. The number of nitrogens with two attached hydrogens (primary N) is 2. The Bertz CT molecular complexity index is 486. The molecule has 0 radical (unpaired) electrons. The molecule has 0 aromatic heterocycles. The molecule has 0 heterocycles. The Morgan fingerprint density at radius 2 is 1.74 bits per heavy atom. The van der Waals surface area contributed by atoms with E-state index in [0.29, 0.717) is 0 Å². The summed E-state index contributed by atoms with van der Waals surface area (Å²) in [6, 6.07) is 7.95. The van der Waals surface area contributed by atoms with Crippen LogP contribution < -0.4 is 11.2 Å². The van der Waals surface area contributed by atoms with Crippen molar-refractivity contribution < 1.29 is 5.48 Å². The first-order chi connectivity index (χ1) is 8.76. The van der Waals surface area contributed by atoms with E-state index in [-0.39, 0.29) is 16.9 Å². The third-order valence-corrected chi connectivity index (χ3v) is 4.25. The lowest BCUT2D eigenvalue weighted by Crippen LogP contribution is -2.70. The number of hydrogen-bond donors (Lipinski definition) is 2. The molecule has 1 atom stereocenters. The van der Waals surface area contributed by atoms with Gasteiger partial charge in [0.05, 0.1) is 0 Å². The van der Waals surface area contributed by atoms with Crippen molar-refractivity contribution in [3.05, 3.63) is 41.1 Å². The summed E-state index contributed by atoms with van der Waals surface area (Å²) in [6.07, 6.45) is 3.26. The number of quaternary nitrogens is 1. The first-order valence-electron chi connectivity index (χ1n) is 6.79. The number of hydrogen-bond acceptors (Lipinski definition) is 2. The van der Waals surface area contributed by atoms with E-state index in [0.717, 1.165) is 17.6 Å². The van der Waals surface area contributed by atoms with Crippen molar-refractivity contribution in [2.45, 2.75) is 40.2 Å². The van der Waals surface area contributed by atoms with Gasteiger partial charge >= 0.3 is 0 Å². The van der Waals surface area contributed by atoms with Gasteiger partial charge in [-0.25, -0.2) is 0 Å². The molecule has 0 saturated carbocycles. The highest BCUT2D eigenvalue weighted by molar-refractivity contribution is 5.69. The van der Waals surface area contributed by atoms with Crippen LogP contribution in [0.5, 0.6) is 0 Å². The molecule has 4 N–H and O–H groups in total. The standard InChI is InChI=1S/C16H24N2O/c1-15(2)9-12(10-16(3,4)14(15)17)11-5-7-13(18-19)8-6-11/h5-9,14H,10,17-18H2,1-4H3. The largest absolute Gasteiger partial charge is 0.630 e. The normalized spacial score (nSPS) is 24.9. The van der Waals surface area contributed by atoms with Gasteiger partial charge in [0.1, 0.15) is 5.69 Å². The number of allylic oxidation sites excluding steroid dienone is 1. The van der Waals surface area contributed by atoms with E-state index in [1.807, 2.05) is 24.3 Å². The first-order valence-corrected chi connectivity index (χ1v) is 6.79. The highest BCUT2D eigenvalue weighted by atomic mass is 16.5. The molecule has 1 aromatic carbocycles. The first kappa shape index (κ1) is 14.3. The third-order valence-electron chi connectivity index (χ3n) is 4.25. The van der Waals surface area contributed by atoms with Gasteiger partial charge in [-0.05, 0) is 52.7 Å². The van der Waals surface area contributed by atoms with E-state index in [4.69, 9.17) is 5.73 Å². The lowest BCUT2D eigenvalue weighted by atomic mass is 9.62. The Hall–Kier alpha value is -1.16. The van der Waals surface area contributed by atoms with Crippen LogP contribution >= 0.6 is 0 Å². The van der Waals surface area contributed by atoms with Crippen LogP contribution in [-0.4, -0.2) is 6.04 Å². The van der Waals surface area contributed by atoms with Crippen molar-refractivity contribution in [3.63, 3.8) is 0 Å². The quantitative estimate of drug-likeness (QED) is 0.634. The van der Waals surface area contributed by atoms with Crippen LogP contribution in [0.4, 0.5) is 5.69 Å². The monoisotopic (exact) mass is 260 g/mol. The Morgan fingerprint density at radius 1 is 1.16 bits per heavy atom. The molecule has 19 heavy (non-hydrogen) atoms. The molecule has 0 saturated heterocycles. The molecule has 0 fully saturated rings. The summed E-state index contributed by atoms with van der Waals surface area (Å²) in [4.78, 5) is 0. The Morgan fingerprint density at radius 3 is 2.21 bits per heavy atom. The summed E-state index contributed by atoms with van der Waals surface area (Å²) in [5, 5.41) is 10.7. The summed E-state index contributed by atoms with van der Waals surface area (Å²) >= 11 is 0. The zero-order valence-corrected chi connectivity index (χ0v) is 12.2. The minimum absolute atomic E-state index is 0.0135. The van der Waals surface area contributed by atoms with Crippen molar-refractivity contribution in [1.29, 1.82) is 0 Å². The van der Waals surface area contributed by atoms with Gasteiger partial charge in [-0.2, -0.15) is 0 Å². The molecule has 0 aliphatic heterocycles. The van der Waals surface area contributed by atoms with E-state index < -0.39 is 0 Å². The van der Waals surface area contributed by atoms with Gasteiger partial charge in [-0.1, -0.05) is 33.8 Å². The van der Waals surface area contributed by atoms with Crippen LogP contribution in [0.2, 0.25) is 0 Å². The fourth-order valence-corrected chi connectivity index (χ4v) is 3.16. The average Bonchev–Trinajstić information content (AvgIpc) is 2.35. The second-order valence-corrected chi connectivity index (χ2v) is 6.87. The van der Waals surface area contributed by atoms with Crippen LogP contribution in [0.25, 0.3) is 5.57 Å². The lowest BCUT2D eigenvalue weighted by Gasteiger charge is -2.46. The molecule has 0 bridgehead atoms. The van der Waals surface area contributed by atoms with Gasteiger partial charge < -0.3 is 16.4 Å². The average molecular weight is 260 g/mol. The molecular formula is C16H24N2O. The van der Waals surface area contributed by atoms with Crippen molar-refractivity contribution in [1.82, 2.24) is 0 Å². The summed E-state index contributed by atoms with van der Waals surface area (Å²) in [6.45, 7) is 8.84. The molecule has 1 aliphatic carbocycles. The third kappa shape index (κ3) is 2.73. The molecule has 3 heteroatoms. The molecular weight excluding hydrogens is 236 g/mol. The summed E-state index contributed by atoms with van der Waals surface area (Å²) in [7, 11) is 0. The predicted molar refractivity (Wildman–Crippen MR) is 79.5 cm³/mol. The highest BCUT2D eigenvalue weighted by Gasteiger charge is 2.41. The predicted octanol–water partition coefficient (Wildman–Crippen LogP) is 2.55. The Balaban J connectivity index is 2.38. The summed E-state index contributed by atoms with van der Waals surface area (Å²) in [5.74, 6) is 0. The zero-order chi connectivity index (χ0) is 14.3. The van der Waals surface area contributed by atoms with Gasteiger partial charge in [0.25, 0.3) is 0 Å². The van der Waals surface area contributed by atoms with E-state index in [1.54, 1.807) is 0 Å². The molecule has 1 aliphatic rings. The van der Waals surface area contributed by atoms with Crippen LogP contribution in [0.3, 0.4) is 0 Å². The summed E-state index contributed by atoms with van der Waals surface area (Å²) < 4.78 is 0. The lowest BCUT2D eigenvalue weighted by molar-refractivity contribution is -0.497. The molecule has 104 valence electrons. The van der Waals surface area contributed by atoms with E-state index in [9.17, 15) is 5.21 Å². The summed E-state index contributed by atoms with van der Waals surface area (Å²) in [5.41, 5.74) is 10.6. The van der Waals surface area contributed by atoms with Gasteiger partial charge in [-0.15, -0.1) is 0 Å². The van der Waals surface area contributed by atoms with Crippen molar-refractivity contribution in [2.24, 2.45) is 16.6 Å². The minimum atomic E-state index is -0.0135. The zero-order valence-electron chi connectivity index (χ0n) is 12.2. The van der Waals surface area contributed by atoms with Crippen LogP contribution in [0.15, 0.2) is 30.3 Å². The van der Waals surface area contributed by atoms with E-state index in [2.05, 4.69) is 33.8 Å². The fourth-order valence-electron chi connectivity index (χ4n) is 3.16. The van der Waals surface area contributed by atoms with Crippen LogP contribution in [0.1, 0.15) is 39.7 Å². The van der Waals surface area contributed by atoms with Crippen molar-refractivity contribution >= 4 is 11.3 Å². The van der Waals surface area contributed by atoms with Crippen LogP contribution in [-0.2, 0) is 0 Å². The van der Waals surface area contributed by atoms with Gasteiger partial charge in [0, 0.05) is 6.04 Å². The second kappa shape index (κ2) is 4.75. The van der Waals surface area contributed by atoms with Gasteiger partial charge in [0.2, 0.25) is 0 Å². The van der Waals surface area contributed by atoms with E-state index in [1.165, 1.54) is 11.1 Å². The SMILES string of the molecule is CC1(C)C=C(c2ccc([NH2+][O-])cc2)CC(C)(C)C1N. The molecule has 1 aromatic rings. The molecule has 0 amide bonds. The fraction of sp³-hybridized carbons (Fsp3) is 0.500. The molecule has 2 rings (SSSR count). The number of rotatable bonds is 2. The highest BCUT2D eigenvalue weighted by Crippen LogP contribution is 2.46. The maximum Gasteiger partial charge on any atom is 0.129 e. The smallest absolute Gasteiger partial charge is 0.129 e. The molecule has 1 unspecified atom stereocenters. The van der Waals surface area contributed by atoms with Gasteiger partial charge in [0.15, 0.2) is 0 Å². The Labute approximate surface area is 115 Å². The maximum atomic E-state index is 10.7. The topological polar surface area (TPSA) is 65.7 Å². The van der Waals surface area contributed by atoms with Crippen molar-refractivity contribution in [2.75, 3.05) is 0 Å². The van der Waals surface area contributed by atoms with Gasteiger partial charge in [-0.3, -0.25) is 0 Å². The van der Waals surface area contributed by atoms with Crippen molar-refractivity contribution in [3.8, 4) is 0 Å².